The predicted molar refractivity (Wildman–Crippen MR) is 78.6 cm³/mol. The Kier molecular flexibility index (Phi) is 5.62. The number of hydrogen-bond donors (Lipinski definition) is 0. The van der Waals surface area contributed by atoms with E-state index in [2.05, 4.69) is 0 Å². The normalized spacial score (nSPS) is 11.4. The summed E-state index contributed by atoms with van der Waals surface area (Å²) in [6.45, 7) is 7.44. The third-order valence-corrected chi connectivity index (χ3v) is 2.73. The van der Waals surface area contributed by atoms with Crippen LogP contribution in [-0.2, 0) is 14.3 Å². The van der Waals surface area contributed by atoms with Gasteiger partial charge in [0.2, 0.25) is 0 Å². The molecule has 0 radical (unpaired) electrons. The number of carbonyl (C=O) groups excluding carboxylic acids is 1. The van der Waals surface area contributed by atoms with Crippen molar-refractivity contribution in [2.24, 2.45) is 0 Å². The van der Waals surface area contributed by atoms with Crippen LogP contribution in [0, 0.1) is 6.92 Å². The van der Waals surface area contributed by atoms with Crippen LogP contribution in [-0.4, -0.2) is 25.3 Å². The monoisotopic (exact) mass is 278 g/mol. The summed E-state index contributed by atoms with van der Waals surface area (Å²) in [4.78, 5) is 11.8. The lowest BCUT2D eigenvalue weighted by Gasteiger charge is -2.25. The summed E-state index contributed by atoms with van der Waals surface area (Å²) in [7, 11) is 1.60. The molecule has 0 saturated heterocycles. The molecular formula is C16H22O4. The fourth-order valence-corrected chi connectivity index (χ4v) is 1.66. The highest BCUT2D eigenvalue weighted by Crippen LogP contribution is 2.25. The second kappa shape index (κ2) is 6.98. The van der Waals surface area contributed by atoms with Gasteiger partial charge < -0.3 is 14.2 Å². The number of carbonyl (C=O) groups is 1. The standard InChI is InChI=1S/C16H22O4/c1-6-19-15(17)16(3,4)20-14-8-7-13(9-10-18-5)11-12(14)2/h7-11H,6H2,1-5H3. The van der Waals surface area contributed by atoms with Crippen LogP contribution in [0.2, 0.25) is 0 Å². The minimum absolute atomic E-state index is 0.339. The van der Waals surface area contributed by atoms with E-state index in [4.69, 9.17) is 14.2 Å². The van der Waals surface area contributed by atoms with Crippen LogP contribution < -0.4 is 4.74 Å². The molecule has 0 aromatic heterocycles. The first-order chi connectivity index (χ1) is 9.40. The van der Waals surface area contributed by atoms with E-state index in [0.29, 0.717) is 12.4 Å². The second-order valence-electron chi connectivity index (χ2n) is 4.90. The van der Waals surface area contributed by atoms with Crippen molar-refractivity contribution in [3.8, 4) is 5.75 Å². The van der Waals surface area contributed by atoms with Gasteiger partial charge in [0, 0.05) is 0 Å². The number of esters is 1. The summed E-state index contributed by atoms with van der Waals surface area (Å²) >= 11 is 0. The van der Waals surface area contributed by atoms with Crippen molar-refractivity contribution in [2.75, 3.05) is 13.7 Å². The van der Waals surface area contributed by atoms with Crippen LogP contribution in [0.5, 0.6) is 5.75 Å². The van der Waals surface area contributed by atoms with Gasteiger partial charge in [-0.3, -0.25) is 0 Å². The molecule has 0 N–H and O–H groups in total. The Hall–Kier alpha value is -1.97. The average Bonchev–Trinajstić information content (AvgIpc) is 2.39. The lowest BCUT2D eigenvalue weighted by atomic mass is 10.1. The number of aryl methyl sites for hydroxylation is 1. The van der Waals surface area contributed by atoms with Crippen LogP contribution in [0.25, 0.3) is 6.08 Å². The van der Waals surface area contributed by atoms with Crippen molar-refractivity contribution >= 4 is 12.0 Å². The summed E-state index contributed by atoms with van der Waals surface area (Å²) < 4.78 is 15.7. The molecule has 0 unspecified atom stereocenters. The fraction of sp³-hybridized carbons (Fsp3) is 0.438. The van der Waals surface area contributed by atoms with E-state index >= 15 is 0 Å². The van der Waals surface area contributed by atoms with Gasteiger partial charge in [0.25, 0.3) is 0 Å². The maximum atomic E-state index is 11.8. The lowest BCUT2D eigenvalue weighted by molar-refractivity contribution is -0.158. The van der Waals surface area contributed by atoms with E-state index in [1.54, 1.807) is 34.1 Å². The molecule has 110 valence electrons. The first kappa shape index (κ1) is 16.1. The van der Waals surface area contributed by atoms with Crippen LogP contribution in [0.15, 0.2) is 24.5 Å². The molecular weight excluding hydrogens is 256 g/mol. The minimum atomic E-state index is -1.01. The van der Waals surface area contributed by atoms with E-state index in [-0.39, 0.29) is 5.97 Å². The molecule has 0 saturated carbocycles. The zero-order chi connectivity index (χ0) is 15.2. The molecule has 0 aliphatic heterocycles. The molecule has 0 aliphatic rings. The van der Waals surface area contributed by atoms with Gasteiger partial charge in [0.15, 0.2) is 5.60 Å². The summed E-state index contributed by atoms with van der Waals surface area (Å²) in [5, 5.41) is 0. The molecule has 0 amide bonds. The van der Waals surface area contributed by atoms with E-state index in [0.717, 1.165) is 11.1 Å². The van der Waals surface area contributed by atoms with Crippen LogP contribution in [0.1, 0.15) is 31.9 Å². The molecule has 4 nitrogen and oxygen atoms in total. The molecule has 0 spiro atoms. The van der Waals surface area contributed by atoms with Crippen molar-refractivity contribution in [1.29, 1.82) is 0 Å². The molecule has 0 aliphatic carbocycles. The van der Waals surface area contributed by atoms with Crippen LogP contribution in [0.4, 0.5) is 0 Å². The Balaban J connectivity index is 2.88. The van der Waals surface area contributed by atoms with Gasteiger partial charge >= 0.3 is 5.97 Å². The van der Waals surface area contributed by atoms with E-state index in [9.17, 15) is 4.79 Å². The van der Waals surface area contributed by atoms with Crippen molar-refractivity contribution in [1.82, 2.24) is 0 Å². The van der Waals surface area contributed by atoms with E-state index in [1.165, 1.54) is 0 Å². The number of ether oxygens (including phenoxy) is 3. The van der Waals surface area contributed by atoms with Gasteiger partial charge in [0.05, 0.1) is 20.0 Å². The van der Waals surface area contributed by atoms with E-state index < -0.39 is 5.60 Å². The zero-order valence-electron chi connectivity index (χ0n) is 12.7. The van der Waals surface area contributed by atoms with Crippen molar-refractivity contribution in [2.45, 2.75) is 33.3 Å². The third kappa shape index (κ3) is 4.30. The van der Waals surface area contributed by atoms with Gasteiger partial charge in [0.1, 0.15) is 5.75 Å². The fourth-order valence-electron chi connectivity index (χ4n) is 1.66. The van der Waals surface area contributed by atoms with Crippen molar-refractivity contribution < 1.29 is 19.0 Å². The molecule has 1 aromatic carbocycles. The largest absolute Gasteiger partial charge is 0.504 e. The Labute approximate surface area is 120 Å². The molecule has 1 aromatic rings. The van der Waals surface area contributed by atoms with Crippen LogP contribution >= 0.6 is 0 Å². The van der Waals surface area contributed by atoms with E-state index in [1.807, 2.05) is 31.2 Å². The quantitative estimate of drug-likeness (QED) is 0.591. The van der Waals surface area contributed by atoms with Gasteiger partial charge in [-0.05, 0) is 57.0 Å². The summed E-state index contributed by atoms with van der Waals surface area (Å²) in [5.41, 5.74) is 0.941. The van der Waals surface area contributed by atoms with Crippen molar-refractivity contribution in [3.63, 3.8) is 0 Å². The van der Waals surface area contributed by atoms with Gasteiger partial charge in [-0.25, -0.2) is 4.79 Å². The number of methoxy groups -OCH3 is 1. The maximum absolute atomic E-state index is 11.8. The minimum Gasteiger partial charge on any atom is -0.504 e. The average molecular weight is 278 g/mol. The topological polar surface area (TPSA) is 44.8 Å². The first-order valence-corrected chi connectivity index (χ1v) is 6.57. The number of hydrogen-bond acceptors (Lipinski definition) is 4. The zero-order valence-corrected chi connectivity index (χ0v) is 12.7. The van der Waals surface area contributed by atoms with Crippen LogP contribution in [0.3, 0.4) is 0 Å². The molecule has 0 bridgehead atoms. The first-order valence-electron chi connectivity index (χ1n) is 6.57. The Morgan fingerprint density at radius 3 is 2.60 bits per heavy atom. The molecule has 1 rings (SSSR count). The summed E-state index contributed by atoms with van der Waals surface area (Å²) in [6, 6.07) is 5.71. The third-order valence-electron chi connectivity index (χ3n) is 2.73. The second-order valence-corrected chi connectivity index (χ2v) is 4.90. The lowest BCUT2D eigenvalue weighted by Crippen LogP contribution is -2.39. The Bertz CT molecular complexity index is 489. The number of benzene rings is 1. The van der Waals surface area contributed by atoms with Gasteiger partial charge in [-0.2, -0.15) is 0 Å². The highest BCUT2D eigenvalue weighted by molar-refractivity contribution is 5.79. The van der Waals surface area contributed by atoms with Gasteiger partial charge in [-0.15, -0.1) is 0 Å². The Morgan fingerprint density at radius 1 is 1.35 bits per heavy atom. The molecule has 0 heterocycles. The molecule has 20 heavy (non-hydrogen) atoms. The smallest absolute Gasteiger partial charge is 0.349 e. The number of rotatable bonds is 6. The van der Waals surface area contributed by atoms with Crippen molar-refractivity contribution in [3.05, 3.63) is 35.6 Å². The molecule has 0 atom stereocenters. The predicted octanol–water partition coefficient (Wildman–Crippen LogP) is 3.33. The highest BCUT2D eigenvalue weighted by atomic mass is 16.6. The SMILES string of the molecule is CCOC(=O)C(C)(C)Oc1ccc(C=COC)cc1C. The molecule has 0 fully saturated rings. The summed E-state index contributed by atoms with van der Waals surface area (Å²) in [5.74, 6) is 0.292. The maximum Gasteiger partial charge on any atom is 0.349 e. The summed E-state index contributed by atoms with van der Waals surface area (Å²) in [6.07, 6.45) is 3.46. The molecule has 4 heteroatoms. The van der Waals surface area contributed by atoms with Gasteiger partial charge in [-0.1, -0.05) is 6.07 Å². The Morgan fingerprint density at radius 2 is 2.05 bits per heavy atom. The highest BCUT2D eigenvalue weighted by Gasteiger charge is 2.31.